The van der Waals surface area contributed by atoms with E-state index in [1.807, 2.05) is 0 Å². The van der Waals surface area contributed by atoms with Crippen LogP contribution in [0.3, 0.4) is 0 Å². The summed E-state index contributed by atoms with van der Waals surface area (Å²) in [6.07, 6.45) is 3.51. The topological polar surface area (TPSA) is 73.4 Å². The fourth-order valence-electron chi connectivity index (χ4n) is 5.40. The summed E-state index contributed by atoms with van der Waals surface area (Å²) in [6, 6.07) is 7.01. The predicted octanol–water partition coefficient (Wildman–Crippen LogP) is 1.72. The van der Waals surface area contributed by atoms with Gasteiger partial charge in [-0.05, 0) is 69.6 Å². The first kappa shape index (κ1) is 24.4. The van der Waals surface area contributed by atoms with E-state index in [1.165, 1.54) is 0 Å². The number of likely N-dealkylation sites (tertiary alicyclic amines) is 1. The molecule has 0 saturated carbocycles. The van der Waals surface area contributed by atoms with E-state index in [2.05, 4.69) is 21.6 Å². The number of ether oxygens (including phenoxy) is 1. The number of nitrogens with zero attached hydrogens (tertiary/aromatic N) is 4. The molecular weight excluding hydrogens is 440 g/mol. The number of rotatable bonds is 6. The first-order valence-electron chi connectivity index (χ1n) is 12.3. The zero-order chi connectivity index (χ0) is 23.4. The van der Waals surface area contributed by atoms with Crippen molar-refractivity contribution in [3.05, 3.63) is 24.3 Å². The Bertz CT molecular complexity index is 884. The van der Waals surface area contributed by atoms with Gasteiger partial charge in [0.15, 0.2) is 0 Å². The molecule has 3 fully saturated rings. The van der Waals surface area contributed by atoms with Crippen molar-refractivity contribution in [2.24, 2.45) is 5.92 Å². The van der Waals surface area contributed by atoms with Gasteiger partial charge in [-0.1, -0.05) is 6.92 Å². The maximum atomic E-state index is 13.0. The molecule has 3 heterocycles. The zero-order valence-electron chi connectivity index (χ0n) is 20.0. The third-order valence-electron chi connectivity index (χ3n) is 7.65. The molecule has 0 radical (unpaired) electrons. The summed E-state index contributed by atoms with van der Waals surface area (Å²) in [5, 5.41) is 0. The highest BCUT2D eigenvalue weighted by atomic mass is 32.2. The van der Waals surface area contributed by atoms with Crippen molar-refractivity contribution in [1.82, 2.24) is 19.0 Å². The quantitative estimate of drug-likeness (QED) is 0.620. The SMILES string of the molecule is CCN1CCN(C(=O)C2CCN(C3CCN(S(=O)(=O)c4ccc(OC)cc4)CC3)CC2)CC1. The van der Waals surface area contributed by atoms with Crippen molar-refractivity contribution < 1.29 is 17.9 Å². The molecule has 0 atom stereocenters. The number of carbonyl (C=O) groups is 1. The average Bonchev–Trinajstić information content (AvgIpc) is 2.88. The molecule has 0 bridgehead atoms. The number of sulfonamides is 1. The highest BCUT2D eigenvalue weighted by Crippen LogP contribution is 2.28. The van der Waals surface area contributed by atoms with Crippen LogP contribution in [0.15, 0.2) is 29.2 Å². The largest absolute Gasteiger partial charge is 0.497 e. The van der Waals surface area contributed by atoms with Crippen LogP contribution in [0.4, 0.5) is 0 Å². The Hall–Kier alpha value is -1.68. The molecule has 3 aliphatic rings. The normalized spacial score (nSPS) is 23.0. The van der Waals surface area contributed by atoms with Gasteiger partial charge in [-0.15, -0.1) is 0 Å². The second kappa shape index (κ2) is 10.7. The van der Waals surface area contributed by atoms with Crippen LogP contribution in [0.25, 0.3) is 0 Å². The Kier molecular flexibility index (Phi) is 7.94. The smallest absolute Gasteiger partial charge is 0.243 e. The Morgan fingerprint density at radius 2 is 1.52 bits per heavy atom. The van der Waals surface area contributed by atoms with E-state index in [0.717, 1.165) is 71.5 Å². The van der Waals surface area contributed by atoms with Gasteiger partial charge in [0.2, 0.25) is 15.9 Å². The van der Waals surface area contributed by atoms with Gasteiger partial charge in [0.1, 0.15) is 5.75 Å². The third kappa shape index (κ3) is 5.53. The lowest BCUT2D eigenvalue weighted by Gasteiger charge is -2.42. The van der Waals surface area contributed by atoms with Gasteiger partial charge in [0.05, 0.1) is 12.0 Å². The molecule has 1 aromatic carbocycles. The summed E-state index contributed by atoms with van der Waals surface area (Å²) >= 11 is 0. The van der Waals surface area contributed by atoms with E-state index in [9.17, 15) is 13.2 Å². The fourth-order valence-corrected chi connectivity index (χ4v) is 6.87. The van der Waals surface area contributed by atoms with Crippen molar-refractivity contribution >= 4 is 15.9 Å². The third-order valence-corrected chi connectivity index (χ3v) is 9.56. The predicted molar refractivity (Wildman–Crippen MR) is 128 cm³/mol. The van der Waals surface area contributed by atoms with Crippen molar-refractivity contribution in [2.45, 2.75) is 43.5 Å². The second-order valence-electron chi connectivity index (χ2n) is 9.38. The van der Waals surface area contributed by atoms with Crippen LogP contribution in [0, 0.1) is 5.92 Å². The molecule has 3 aliphatic heterocycles. The maximum absolute atomic E-state index is 13.0. The van der Waals surface area contributed by atoms with Crippen LogP contribution >= 0.6 is 0 Å². The Balaban J connectivity index is 1.24. The first-order valence-corrected chi connectivity index (χ1v) is 13.8. The number of piperidine rings is 2. The minimum atomic E-state index is -3.47. The van der Waals surface area contributed by atoms with E-state index >= 15 is 0 Å². The van der Waals surface area contributed by atoms with Crippen molar-refractivity contribution in [1.29, 1.82) is 0 Å². The molecule has 1 aromatic rings. The average molecular weight is 479 g/mol. The Morgan fingerprint density at radius 3 is 2.06 bits per heavy atom. The molecular formula is C24H38N4O4S. The highest BCUT2D eigenvalue weighted by molar-refractivity contribution is 7.89. The summed E-state index contributed by atoms with van der Waals surface area (Å²) in [4.78, 5) is 20.2. The number of benzene rings is 1. The van der Waals surface area contributed by atoms with E-state index in [0.29, 0.717) is 35.7 Å². The van der Waals surface area contributed by atoms with E-state index in [4.69, 9.17) is 4.74 Å². The molecule has 8 nitrogen and oxygen atoms in total. The molecule has 1 amide bonds. The molecule has 0 N–H and O–H groups in total. The van der Waals surface area contributed by atoms with Crippen LogP contribution in [-0.2, 0) is 14.8 Å². The zero-order valence-corrected chi connectivity index (χ0v) is 20.8. The highest BCUT2D eigenvalue weighted by Gasteiger charge is 2.35. The maximum Gasteiger partial charge on any atom is 0.243 e. The van der Waals surface area contributed by atoms with Crippen molar-refractivity contribution in [3.63, 3.8) is 0 Å². The van der Waals surface area contributed by atoms with E-state index in [1.54, 1.807) is 35.7 Å². The number of likely N-dealkylation sites (N-methyl/N-ethyl adjacent to an activating group) is 1. The summed E-state index contributed by atoms with van der Waals surface area (Å²) in [6.45, 7) is 9.86. The molecule has 9 heteroatoms. The van der Waals surface area contributed by atoms with E-state index < -0.39 is 10.0 Å². The number of piperazine rings is 1. The summed E-state index contributed by atoms with van der Waals surface area (Å²) in [5.74, 6) is 1.13. The molecule has 184 valence electrons. The van der Waals surface area contributed by atoms with Gasteiger partial charge in [0.25, 0.3) is 0 Å². The van der Waals surface area contributed by atoms with E-state index in [-0.39, 0.29) is 5.92 Å². The first-order chi connectivity index (χ1) is 15.9. The second-order valence-corrected chi connectivity index (χ2v) is 11.3. The van der Waals surface area contributed by atoms with Gasteiger partial charge in [-0.3, -0.25) is 4.79 Å². The molecule has 0 aromatic heterocycles. The monoisotopic (exact) mass is 478 g/mol. The summed E-state index contributed by atoms with van der Waals surface area (Å²) in [5.41, 5.74) is 0. The molecule has 0 aliphatic carbocycles. The minimum Gasteiger partial charge on any atom is -0.497 e. The number of hydrogen-bond donors (Lipinski definition) is 0. The number of amides is 1. The summed E-state index contributed by atoms with van der Waals surface area (Å²) < 4.78 is 32.8. The molecule has 0 spiro atoms. The standard InChI is InChI=1S/C24H38N4O4S/c1-3-25-16-18-27(19-17-25)24(29)20-8-12-26(13-9-20)21-10-14-28(15-11-21)33(30,31)23-6-4-22(32-2)5-7-23/h4-7,20-21H,3,8-19H2,1-2H3. The molecule has 3 saturated heterocycles. The van der Waals surface area contributed by atoms with Crippen molar-refractivity contribution in [2.75, 3.05) is 66.0 Å². The minimum absolute atomic E-state index is 0.143. The number of carbonyl (C=O) groups excluding carboxylic acids is 1. The fraction of sp³-hybridized carbons (Fsp3) is 0.708. The van der Waals surface area contributed by atoms with Crippen LogP contribution in [0.5, 0.6) is 5.75 Å². The summed E-state index contributed by atoms with van der Waals surface area (Å²) in [7, 11) is -1.90. The van der Waals surface area contributed by atoms with Gasteiger partial charge in [0, 0.05) is 51.2 Å². The van der Waals surface area contributed by atoms with Crippen LogP contribution in [0.1, 0.15) is 32.6 Å². The molecule has 0 unspecified atom stereocenters. The Morgan fingerprint density at radius 1 is 0.909 bits per heavy atom. The van der Waals surface area contributed by atoms with Crippen molar-refractivity contribution in [3.8, 4) is 5.75 Å². The van der Waals surface area contributed by atoms with Crippen LogP contribution in [0.2, 0.25) is 0 Å². The Labute approximate surface area is 198 Å². The number of hydrogen-bond acceptors (Lipinski definition) is 6. The van der Waals surface area contributed by atoms with Gasteiger partial charge < -0.3 is 19.4 Å². The lowest BCUT2D eigenvalue weighted by atomic mass is 9.92. The molecule has 33 heavy (non-hydrogen) atoms. The lowest BCUT2D eigenvalue weighted by molar-refractivity contribution is -0.139. The van der Waals surface area contributed by atoms with Crippen LogP contribution < -0.4 is 4.74 Å². The van der Waals surface area contributed by atoms with Gasteiger partial charge >= 0.3 is 0 Å². The number of methoxy groups -OCH3 is 1. The van der Waals surface area contributed by atoms with Crippen LogP contribution in [-0.4, -0.2) is 105 Å². The van der Waals surface area contributed by atoms with Gasteiger partial charge in [-0.25, -0.2) is 8.42 Å². The lowest BCUT2D eigenvalue weighted by Crippen LogP contribution is -2.53. The molecule has 4 rings (SSSR count). The van der Waals surface area contributed by atoms with Gasteiger partial charge in [-0.2, -0.15) is 4.31 Å².